The van der Waals surface area contributed by atoms with Crippen LogP contribution < -0.4 is 11.3 Å². The standard InChI is InChI=1S/C10H24N2O2/c1-4-6-10(14-3)9(12-11)7-5-8-13-2/h9-10,12H,4-8,11H2,1-3H3. The summed E-state index contributed by atoms with van der Waals surface area (Å²) >= 11 is 0. The first-order valence-electron chi connectivity index (χ1n) is 5.28. The highest BCUT2D eigenvalue weighted by Gasteiger charge is 2.18. The molecule has 0 aliphatic carbocycles. The molecule has 0 spiro atoms. The second-order valence-corrected chi connectivity index (χ2v) is 3.47. The minimum atomic E-state index is 0.210. The average molecular weight is 204 g/mol. The van der Waals surface area contributed by atoms with E-state index >= 15 is 0 Å². The fourth-order valence-corrected chi connectivity index (χ4v) is 1.59. The monoisotopic (exact) mass is 204 g/mol. The first-order chi connectivity index (χ1) is 6.79. The summed E-state index contributed by atoms with van der Waals surface area (Å²) in [4.78, 5) is 0. The molecule has 0 heterocycles. The van der Waals surface area contributed by atoms with Gasteiger partial charge in [-0.3, -0.25) is 11.3 Å². The highest BCUT2D eigenvalue weighted by Crippen LogP contribution is 2.10. The molecule has 0 aliphatic heterocycles. The first kappa shape index (κ1) is 13.8. The Morgan fingerprint density at radius 2 is 2.00 bits per heavy atom. The van der Waals surface area contributed by atoms with Gasteiger partial charge in [0.2, 0.25) is 0 Å². The van der Waals surface area contributed by atoms with Gasteiger partial charge in [-0.05, 0) is 19.3 Å². The van der Waals surface area contributed by atoms with Crippen molar-refractivity contribution >= 4 is 0 Å². The van der Waals surface area contributed by atoms with Crippen molar-refractivity contribution in [1.29, 1.82) is 0 Å². The van der Waals surface area contributed by atoms with Crippen LogP contribution in [-0.4, -0.2) is 33.0 Å². The zero-order valence-electron chi connectivity index (χ0n) is 9.58. The van der Waals surface area contributed by atoms with Gasteiger partial charge in [0, 0.05) is 26.9 Å². The molecule has 4 heteroatoms. The maximum Gasteiger partial charge on any atom is 0.0737 e. The molecule has 0 aromatic carbocycles. The third kappa shape index (κ3) is 5.54. The smallest absolute Gasteiger partial charge is 0.0737 e. The van der Waals surface area contributed by atoms with Crippen LogP contribution in [0.5, 0.6) is 0 Å². The lowest BCUT2D eigenvalue weighted by molar-refractivity contribution is 0.0546. The van der Waals surface area contributed by atoms with Crippen LogP contribution in [0.4, 0.5) is 0 Å². The van der Waals surface area contributed by atoms with E-state index in [1.807, 2.05) is 0 Å². The zero-order valence-corrected chi connectivity index (χ0v) is 9.58. The molecule has 0 amide bonds. The Hall–Kier alpha value is -0.160. The molecule has 0 aliphatic rings. The molecular formula is C10H24N2O2. The number of ether oxygens (including phenoxy) is 2. The second kappa shape index (κ2) is 9.40. The number of hydrogen-bond acceptors (Lipinski definition) is 4. The summed E-state index contributed by atoms with van der Waals surface area (Å²) in [6.07, 6.45) is 4.36. The minimum Gasteiger partial charge on any atom is -0.385 e. The molecule has 2 atom stereocenters. The molecule has 0 fully saturated rings. The summed E-state index contributed by atoms with van der Waals surface area (Å²) in [5, 5.41) is 0. The van der Waals surface area contributed by atoms with E-state index in [2.05, 4.69) is 12.3 Å². The van der Waals surface area contributed by atoms with E-state index in [1.54, 1.807) is 14.2 Å². The molecule has 86 valence electrons. The molecule has 0 bridgehead atoms. The molecule has 2 unspecified atom stereocenters. The summed E-state index contributed by atoms with van der Waals surface area (Å²) in [5.74, 6) is 5.49. The van der Waals surface area contributed by atoms with E-state index in [9.17, 15) is 0 Å². The van der Waals surface area contributed by atoms with Crippen LogP contribution in [0.3, 0.4) is 0 Å². The van der Waals surface area contributed by atoms with Crippen LogP contribution >= 0.6 is 0 Å². The number of nitrogens with one attached hydrogen (secondary N) is 1. The van der Waals surface area contributed by atoms with Gasteiger partial charge in [-0.15, -0.1) is 0 Å². The van der Waals surface area contributed by atoms with Crippen molar-refractivity contribution in [2.75, 3.05) is 20.8 Å². The van der Waals surface area contributed by atoms with Gasteiger partial charge in [-0.25, -0.2) is 0 Å². The summed E-state index contributed by atoms with van der Waals surface area (Å²) < 4.78 is 10.4. The van der Waals surface area contributed by atoms with E-state index in [0.29, 0.717) is 0 Å². The third-order valence-electron chi connectivity index (χ3n) is 2.40. The molecule has 0 saturated heterocycles. The van der Waals surface area contributed by atoms with Gasteiger partial charge in [0.15, 0.2) is 0 Å². The van der Waals surface area contributed by atoms with Crippen molar-refractivity contribution in [3.8, 4) is 0 Å². The highest BCUT2D eigenvalue weighted by molar-refractivity contribution is 4.74. The molecule has 14 heavy (non-hydrogen) atoms. The van der Waals surface area contributed by atoms with Gasteiger partial charge in [-0.1, -0.05) is 13.3 Å². The van der Waals surface area contributed by atoms with E-state index in [1.165, 1.54) is 0 Å². The predicted octanol–water partition coefficient (Wildman–Crippen LogP) is 1.06. The van der Waals surface area contributed by atoms with E-state index in [0.717, 1.165) is 32.3 Å². The summed E-state index contributed by atoms with van der Waals surface area (Å²) in [7, 11) is 3.45. The first-order valence-corrected chi connectivity index (χ1v) is 5.28. The van der Waals surface area contributed by atoms with Crippen molar-refractivity contribution in [3.05, 3.63) is 0 Å². The van der Waals surface area contributed by atoms with Crippen LogP contribution in [0.1, 0.15) is 32.6 Å². The fourth-order valence-electron chi connectivity index (χ4n) is 1.59. The molecule has 0 aromatic rings. The number of hydrazine groups is 1. The minimum absolute atomic E-state index is 0.210. The summed E-state index contributed by atoms with van der Waals surface area (Å²) in [6, 6.07) is 0.232. The van der Waals surface area contributed by atoms with Gasteiger partial charge in [0.1, 0.15) is 0 Å². The Bertz CT molecular complexity index is 123. The number of hydrogen-bond donors (Lipinski definition) is 2. The van der Waals surface area contributed by atoms with Crippen molar-refractivity contribution < 1.29 is 9.47 Å². The summed E-state index contributed by atoms with van der Waals surface area (Å²) in [6.45, 7) is 2.93. The van der Waals surface area contributed by atoms with E-state index in [4.69, 9.17) is 15.3 Å². The van der Waals surface area contributed by atoms with Gasteiger partial charge in [0.05, 0.1) is 6.10 Å². The lowest BCUT2D eigenvalue weighted by Gasteiger charge is -2.24. The molecule has 0 radical (unpaired) electrons. The fraction of sp³-hybridized carbons (Fsp3) is 1.00. The Morgan fingerprint density at radius 3 is 2.43 bits per heavy atom. The van der Waals surface area contributed by atoms with Crippen molar-refractivity contribution in [3.63, 3.8) is 0 Å². The normalized spacial score (nSPS) is 15.4. The maximum absolute atomic E-state index is 5.49. The maximum atomic E-state index is 5.49. The van der Waals surface area contributed by atoms with Crippen LogP contribution in [-0.2, 0) is 9.47 Å². The number of nitrogens with two attached hydrogens (primary N) is 1. The highest BCUT2D eigenvalue weighted by atomic mass is 16.5. The van der Waals surface area contributed by atoms with Crippen molar-refractivity contribution in [1.82, 2.24) is 5.43 Å². The Labute approximate surface area is 87.1 Å². The lowest BCUT2D eigenvalue weighted by atomic mass is 10.0. The SMILES string of the molecule is CCCC(OC)C(CCCOC)NN. The lowest BCUT2D eigenvalue weighted by Crippen LogP contribution is -2.44. The Balaban J connectivity index is 3.81. The molecule has 0 saturated carbocycles. The van der Waals surface area contributed by atoms with Gasteiger partial charge < -0.3 is 9.47 Å². The third-order valence-corrected chi connectivity index (χ3v) is 2.40. The number of methoxy groups -OCH3 is 2. The van der Waals surface area contributed by atoms with Crippen molar-refractivity contribution in [2.45, 2.75) is 44.8 Å². The summed E-state index contributed by atoms with van der Waals surface area (Å²) in [5.41, 5.74) is 2.82. The second-order valence-electron chi connectivity index (χ2n) is 3.47. The van der Waals surface area contributed by atoms with E-state index in [-0.39, 0.29) is 12.1 Å². The zero-order chi connectivity index (χ0) is 10.8. The Morgan fingerprint density at radius 1 is 1.29 bits per heavy atom. The molecule has 4 nitrogen and oxygen atoms in total. The molecule has 0 aromatic heterocycles. The van der Waals surface area contributed by atoms with Gasteiger partial charge >= 0.3 is 0 Å². The van der Waals surface area contributed by atoms with Crippen LogP contribution in [0.25, 0.3) is 0 Å². The van der Waals surface area contributed by atoms with Crippen LogP contribution in [0, 0.1) is 0 Å². The number of rotatable bonds is 9. The topological polar surface area (TPSA) is 56.5 Å². The molecule has 0 rings (SSSR count). The molecular weight excluding hydrogens is 180 g/mol. The Kier molecular flexibility index (Phi) is 9.29. The average Bonchev–Trinajstić information content (AvgIpc) is 2.22. The predicted molar refractivity (Wildman–Crippen MR) is 57.9 cm³/mol. The van der Waals surface area contributed by atoms with Crippen LogP contribution in [0.15, 0.2) is 0 Å². The largest absolute Gasteiger partial charge is 0.385 e. The quantitative estimate of drug-likeness (QED) is 0.335. The van der Waals surface area contributed by atoms with Gasteiger partial charge in [-0.2, -0.15) is 0 Å². The van der Waals surface area contributed by atoms with E-state index < -0.39 is 0 Å². The van der Waals surface area contributed by atoms with Crippen LogP contribution in [0.2, 0.25) is 0 Å². The van der Waals surface area contributed by atoms with Gasteiger partial charge in [0.25, 0.3) is 0 Å². The molecule has 3 N–H and O–H groups in total. The van der Waals surface area contributed by atoms with Crippen molar-refractivity contribution in [2.24, 2.45) is 5.84 Å².